The van der Waals surface area contributed by atoms with Crippen LogP contribution in [0.25, 0.3) is 0 Å². The number of carbonyl (C=O) groups excluding carboxylic acids is 1. The summed E-state index contributed by atoms with van der Waals surface area (Å²) in [5.74, 6) is 0.853. The number of rotatable bonds is 4. The topological polar surface area (TPSA) is 64.3 Å². The number of nitrogens with two attached hydrogens (primary N) is 1. The van der Waals surface area contributed by atoms with Crippen LogP contribution in [-0.4, -0.2) is 19.1 Å². The quantitative estimate of drug-likeness (QED) is 0.786. The Kier molecular flexibility index (Phi) is 4.37. The second-order valence-corrected chi connectivity index (χ2v) is 4.50. The molecule has 0 radical (unpaired) electrons. The first-order valence-corrected chi connectivity index (χ1v) is 5.69. The van der Waals surface area contributed by atoms with Crippen molar-refractivity contribution >= 4 is 11.6 Å². The van der Waals surface area contributed by atoms with Gasteiger partial charge in [-0.15, -0.1) is 0 Å². The van der Waals surface area contributed by atoms with Gasteiger partial charge in [0.1, 0.15) is 5.75 Å². The van der Waals surface area contributed by atoms with Crippen molar-refractivity contribution in [3.63, 3.8) is 0 Å². The van der Waals surface area contributed by atoms with Crippen LogP contribution in [0.2, 0.25) is 0 Å². The van der Waals surface area contributed by atoms with Gasteiger partial charge in [-0.1, -0.05) is 13.8 Å². The van der Waals surface area contributed by atoms with Crippen LogP contribution < -0.4 is 15.8 Å². The molecule has 1 amide bonds. The molecule has 1 aromatic carbocycles. The molecule has 3 N–H and O–H groups in total. The fraction of sp³-hybridized carbons (Fsp3) is 0.462. The molecule has 94 valence electrons. The SMILES string of the molecule is COc1cc(N)cc(C(=O)NC(C)C(C)C)c1. The third kappa shape index (κ3) is 3.66. The molecule has 1 unspecified atom stereocenters. The van der Waals surface area contributed by atoms with Gasteiger partial charge in [0.15, 0.2) is 0 Å². The molecule has 0 fully saturated rings. The lowest BCUT2D eigenvalue weighted by atomic mass is 10.1. The zero-order chi connectivity index (χ0) is 13.0. The van der Waals surface area contributed by atoms with Gasteiger partial charge in [-0.2, -0.15) is 0 Å². The predicted molar refractivity (Wildman–Crippen MR) is 69.2 cm³/mol. The summed E-state index contributed by atoms with van der Waals surface area (Å²) in [6.45, 7) is 6.10. The third-order valence-electron chi connectivity index (χ3n) is 2.79. The van der Waals surface area contributed by atoms with Crippen molar-refractivity contribution in [2.24, 2.45) is 5.92 Å². The highest BCUT2D eigenvalue weighted by Crippen LogP contribution is 2.18. The first-order chi connectivity index (χ1) is 7.93. The number of amides is 1. The molecule has 0 bridgehead atoms. The predicted octanol–water partition coefficient (Wildman–Crippen LogP) is 2.05. The second kappa shape index (κ2) is 5.57. The number of nitrogens with one attached hydrogen (secondary N) is 1. The first-order valence-electron chi connectivity index (χ1n) is 5.69. The minimum absolute atomic E-state index is 0.120. The van der Waals surface area contributed by atoms with Crippen molar-refractivity contribution < 1.29 is 9.53 Å². The van der Waals surface area contributed by atoms with E-state index in [9.17, 15) is 4.79 Å². The average Bonchev–Trinajstić information content (AvgIpc) is 2.27. The monoisotopic (exact) mass is 236 g/mol. The molecule has 0 heterocycles. The van der Waals surface area contributed by atoms with Gasteiger partial charge in [0, 0.05) is 23.4 Å². The van der Waals surface area contributed by atoms with E-state index in [0.717, 1.165) is 0 Å². The molecule has 4 heteroatoms. The zero-order valence-electron chi connectivity index (χ0n) is 10.8. The fourth-order valence-corrected chi connectivity index (χ4v) is 1.33. The van der Waals surface area contributed by atoms with Crippen molar-refractivity contribution in [2.75, 3.05) is 12.8 Å². The van der Waals surface area contributed by atoms with Gasteiger partial charge in [0.2, 0.25) is 0 Å². The van der Waals surface area contributed by atoms with Gasteiger partial charge in [-0.05, 0) is 25.0 Å². The number of anilines is 1. The number of hydrogen-bond donors (Lipinski definition) is 2. The smallest absolute Gasteiger partial charge is 0.251 e. The molecule has 0 saturated carbocycles. The van der Waals surface area contributed by atoms with Gasteiger partial charge in [-0.3, -0.25) is 4.79 Å². The minimum atomic E-state index is -0.128. The lowest BCUT2D eigenvalue weighted by molar-refractivity contribution is 0.0930. The van der Waals surface area contributed by atoms with Crippen LogP contribution in [0, 0.1) is 5.92 Å². The molecule has 1 aromatic rings. The Bertz CT molecular complexity index is 402. The van der Waals surface area contributed by atoms with Crippen LogP contribution in [0.15, 0.2) is 18.2 Å². The lowest BCUT2D eigenvalue weighted by Crippen LogP contribution is -2.36. The van der Waals surface area contributed by atoms with Gasteiger partial charge >= 0.3 is 0 Å². The van der Waals surface area contributed by atoms with Crippen molar-refractivity contribution in [2.45, 2.75) is 26.8 Å². The summed E-state index contributed by atoms with van der Waals surface area (Å²) >= 11 is 0. The van der Waals surface area contributed by atoms with E-state index in [1.807, 2.05) is 6.92 Å². The minimum Gasteiger partial charge on any atom is -0.497 e. The summed E-state index contributed by atoms with van der Waals surface area (Å²) in [6.07, 6.45) is 0. The molecule has 1 rings (SSSR count). The summed E-state index contributed by atoms with van der Waals surface area (Å²) < 4.78 is 5.08. The fourth-order valence-electron chi connectivity index (χ4n) is 1.33. The maximum atomic E-state index is 12.0. The Morgan fingerprint density at radius 2 is 1.94 bits per heavy atom. The molecule has 0 spiro atoms. The van der Waals surface area contributed by atoms with Gasteiger partial charge in [0.25, 0.3) is 5.91 Å². The molecular formula is C13H20N2O2. The molecule has 17 heavy (non-hydrogen) atoms. The third-order valence-corrected chi connectivity index (χ3v) is 2.79. The number of ether oxygens (including phenoxy) is 1. The Morgan fingerprint density at radius 3 is 2.47 bits per heavy atom. The summed E-state index contributed by atoms with van der Waals surface area (Å²) in [7, 11) is 1.55. The number of methoxy groups -OCH3 is 1. The highest BCUT2D eigenvalue weighted by molar-refractivity contribution is 5.95. The highest BCUT2D eigenvalue weighted by atomic mass is 16.5. The highest BCUT2D eigenvalue weighted by Gasteiger charge is 2.13. The van der Waals surface area contributed by atoms with Gasteiger partial charge < -0.3 is 15.8 Å². The van der Waals surface area contributed by atoms with Crippen molar-refractivity contribution in [3.8, 4) is 5.75 Å². The van der Waals surface area contributed by atoms with Crippen LogP contribution in [0.5, 0.6) is 5.75 Å². The van der Waals surface area contributed by atoms with E-state index in [-0.39, 0.29) is 11.9 Å². The van der Waals surface area contributed by atoms with E-state index in [1.54, 1.807) is 25.3 Å². The zero-order valence-corrected chi connectivity index (χ0v) is 10.8. The maximum Gasteiger partial charge on any atom is 0.251 e. The van der Waals surface area contributed by atoms with Crippen molar-refractivity contribution in [1.29, 1.82) is 0 Å². The van der Waals surface area contributed by atoms with E-state index in [1.165, 1.54) is 0 Å². The normalized spacial score (nSPS) is 12.3. The number of carbonyl (C=O) groups is 1. The van der Waals surface area contributed by atoms with E-state index in [4.69, 9.17) is 10.5 Å². The summed E-state index contributed by atoms with van der Waals surface area (Å²) in [6, 6.07) is 5.13. The van der Waals surface area contributed by atoms with E-state index in [0.29, 0.717) is 22.9 Å². The molecule has 1 atom stereocenters. The van der Waals surface area contributed by atoms with E-state index < -0.39 is 0 Å². The Hall–Kier alpha value is -1.71. The first kappa shape index (κ1) is 13.4. The van der Waals surface area contributed by atoms with Crippen molar-refractivity contribution in [3.05, 3.63) is 23.8 Å². The number of hydrogen-bond acceptors (Lipinski definition) is 3. The molecular weight excluding hydrogens is 216 g/mol. The molecule has 0 aliphatic rings. The Morgan fingerprint density at radius 1 is 1.29 bits per heavy atom. The Labute approximate surface area is 102 Å². The average molecular weight is 236 g/mol. The molecule has 0 aliphatic heterocycles. The number of nitrogen functional groups attached to an aromatic ring is 1. The largest absolute Gasteiger partial charge is 0.497 e. The van der Waals surface area contributed by atoms with Gasteiger partial charge in [0.05, 0.1) is 7.11 Å². The van der Waals surface area contributed by atoms with Crippen LogP contribution in [0.4, 0.5) is 5.69 Å². The Balaban J connectivity index is 2.85. The summed E-state index contributed by atoms with van der Waals surface area (Å²) in [5.41, 5.74) is 6.75. The van der Waals surface area contributed by atoms with E-state index >= 15 is 0 Å². The van der Waals surface area contributed by atoms with E-state index in [2.05, 4.69) is 19.2 Å². The van der Waals surface area contributed by atoms with Gasteiger partial charge in [-0.25, -0.2) is 0 Å². The van der Waals surface area contributed by atoms with Crippen molar-refractivity contribution in [1.82, 2.24) is 5.32 Å². The second-order valence-electron chi connectivity index (χ2n) is 4.50. The molecule has 0 saturated heterocycles. The number of benzene rings is 1. The summed E-state index contributed by atoms with van der Waals surface area (Å²) in [4.78, 5) is 12.0. The van der Waals surface area contributed by atoms with Crippen LogP contribution in [-0.2, 0) is 0 Å². The van der Waals surface area contributed by atoms with Crippen LogP contribution in [0.3, 0.4) is 0 Å². The molecule has 0 aromatic heterocycles. The van der Waals surface area contributed by atoms with Crippen LogP contribution >= 0.6 is 0 Å². The lowest BCUT2D eigenvalue weighted by Gasteiger charge is -2.17. The molecule has 0 aliphatic carbocycles. The molecule has 4 nitrogen and oxygen atoms in total. The maximum absolute atomic E-state index is 12.0. The standard InChI is InChI=1S/C13H20N2O2/c1-8(2)9(3)15-13(16)10-5-11(14)7-12(6-10)17-4/h5-9H,14H2,1-4H3,(H,15,16). The van der Waals surface area contributed by atoms with Crippen LogP contribution in [0.1, 0.15) is 31.1 Å². The summed E-state index contributed by atoms with van der Waals surface area (Å²) in [5, 5.41) is 2.92.